The second kappa shape index (κ2) is 7.68. The van der Waals surface area contributed by atoms with Crippen LogP contribution in [0.3, 0.4) is 0 Å². The highest BCUT2D eigenvalue weighted by Crippen LogP contribution is 2.32. The van der Waals surface area contributed by atoms with E-state index in [0.29, 0.717) is 22.0 Å². The van der Waals surface area contributed by atoms with Crippen molar-refractivity contribution in [1.29, 1.82) is 0 Å². The number of carbonyl (C=O) groups excluding carboxylic acids is 2. The van der Waals surface area contributed by atoms with E-state index in [9.17, 15) is 9.59 Å². The number of ether oxygens (including phenoxy) is 1. The first-order chi connectivity index (χ1) is 10.9. The molecule has 1 N–H and O–H groups in total. The Morgan fingerprint density at radius 1 is 1.04 bits per heavy atom. The molecular weight excluding hydrogens is 361 g/mol. The average Bonchev–Trinajstić information content (AvgIpc) is 2.51. The molecule has 0 bridgehead atoms. The molecule has 0 aliphatic rings. The molecule has 0 aliphatic carbocycles. The molecule has 0 heterocycles. The molecule has 2 aromatic rings. The normalized spacial score (nSPS) is 10.3. The molecule has 4 nitrogen and oxygen atoms in total. The van der Waals surface area contributed by atoms with Crippen molar-refractivity contribution >= 4 is 52.2 Å². The minimum absolute atomic E-state index is 0.0810. The van der Waals surface area contributed by atoms with Gasteiger partial charge in [-0.1, -0.05) is 46.9 Å². The maximum atomic E-state index is 11.9. The average molecular weight is 373 g/mol. The molecule has 0 spiro atoms. The molecule has 0 atom stereocenters. The Kier molecular flexibility index (Phi) is 5.88. The van der Waals surface area contributed by atoms with Crippen LogP contribution in [0.1, 0.15) is 17.3 Å². The van der Waals surface area contributed by atoms with E-state index in [-0.39, 0.29) is 22.4 Å². The summed E-state index contributed by atoms with van der Waals surface area (Å²) in [7, 11) is 0. The van der Waals surface area contributed by atoms with Gasteiger partial charge in [-0.25, -0.2) is 0 Å². The van der Waals surface area contributed by atoms with Gasteiger partial charge in [-0.15, -0.1) is 0 Å². The predicted octanol–water partition coefficient (Wildman–Crippen LogP) is 4.87. The fourth-order valence-electron chi connectivity index (χ4n) is 1.76. The van der Waals surface area contributed by atoms with Crippen molar-refractivity contribution in [1.82, 2.24) is 0 Å². The van der Waals surface area contributed by atoms with Crippen LogP contribution in [0.25, 0.3) is 0 Å². The molecule has 0 radical (unpaired) electrons. The Hall–Kier alpha value is -1.75. The van der Waals surface area contributed by atoms with E-state index in [4.69, 9.17) is 39.5 Å². The van der Waals surface area contributed by atoms with Crippen molar-refractivity contribution in [2.75, 3.05) is 11.9 Å². The highest BCUT2D eigenvalue weighted by Gasteiger charge is 2.10. The maximum absolute atomic E-state index is 11.9. The minimum Gasteiger partial charge on any atom is -0.484 e. The number of benzene rings is 2. The number of carbonyl (C=O) groups is 2. The standard InChI is InChI=1S/C16H12Cl3NO3/c1-9(21)10-3-2-4-11(5-10)23-8-16(22)20-15-7-13(18)12(17)6-14(15)19/h2-7H,8H2,1H3,(H,20,22). The van der Waals surface area contributed by atoms with Crippen LogP contribution in [-0.2, 0) is 4.79 Å². The topological polar surface area (TPSA) is 55.4 Å². The molecule has 7 heteroatoms. The number of hydrogen-bond acceptors (Lipinski definition) is 3. The molecule has 0 fully saturated rings. The molecule has 2 aromatic carbocycles. The molecule has 2 rings (SSSR count). The highest BCUT2D eigenvalue weighted by atomic mass is 35.5. The van der Waals surface area contributed by atoms with E-state index < -0.39 is 5.91 Å². The summed E-state index contributed by atoms with van der Waals surface area (Å²) in [4.78, 5) is 23.2. The van der Waals surface area contributed by atoms with Gasteiger partial charge in [-0.2, -0.15) is 0 Å². The summed E-state index contributed by atoms with van der Waals surface area (Å²) >= 11 is 17.7. The van der Waals surface area contributed by atoms with Gasteiger partial charge in [-0.3, -0.25) is 9.59 Å². The van der Waals surface area contributed by atoms with Crippen LogP contribution in [0.5, 0.6) is 5.75 Å². The van der Waals surface area contributed by atoms with Crippen molar-refractivity contribution in [3.63, 3.8) is 0 Å². The van der Waals surface area contributed by atoms with Crippen molar-refractivity contribution in [2.24, 2.45) is 0 Å². The summed E-state index contributed by atoms with van der Waals surface area (Å²) in [6.45, 7) is 1.22. The first-order valence-corrected chi connectivity index (χ1v) is 7.68. The number of Topliss-reactive ketones (excluding diaryl/α,β-unsaturated/α-hetero) is 1. The van der Waals surface area contributed by atoms with Crippen molar-refractivity contribution in [3.8, 4) is 5.75 Å². The summed E-state index contributed by atoms with van der Waals surface area (Å²) in [5.74, 6) is -0.0749. The third kappa shape index (κ3) is 4.86. The molecule has 0 unspecified atom stereocenters. The second-order valence-corrected chi connectivity index (χ2v) is 5.89. The van der Waals surface area contributed by atoms with Gasteiger partial charge < -0.3 is 10.1 Å². The summed E-state index contributed by atoms with van der Waals surface area (Å²) in [6.07, 6.45) is 0. The molecule has 0 saturated carbocycles. The van der Waals surface area contributed by atoms with Crippen LogP contribution in [0.4, 0.5) is 5.69 Å². The van der Waals surface area contributed by atoms with Gasteiger partial charge in [0.15, 0.2) is 12.4 Å². The van der Waals surface area contributed by atoms with Crippen molar-refractivity contribution < 1.29 is 14.3 Å². The fourth-order valence-corrected chi connectivity index (χ4v) is 2.35. The van der Waals surface area contributed by atoms with Crippen molar-refractivity contribution in [3.05, 3.63) is 57.0 Å². The van der Waals surface area contributed by atoms with Crippen LogP contribution in [0, 0.1) is 0 Å². The Morgan fingerprint density at radius 3 is 2.43 bits per heavy atom. The predicted molar refractivity (Wildman–Crippen MR) is 92.0 cm³/mol. The number of halogens is 3. The highest BCUT2D eigenvalue weighted by molar-refractivity contribution is 6.44. The first kappa shape index (κ1) is 17.6. The van der Waals surface area contributed by atoms with E-state index in [1.165, 1.54) is 19.1 Å². The molecule has 0 saturated heterocycles. The van der Waals surface area contributed by atoms with E-state index in [0.717, 1.165) is 0 Å². The summed E-state index contributed by atoms with van der Waals surface area (Å²) in [6, 6.07) is 9.48. The second-order valence-electron chi connectivity index (χ2n) is 4.67. The van der Waals surface area contributed by atoms with Gasteiger partial charge in [0.05, 0.1) is 20.8 Å². The van der Waals surface area contributed by atoms with Gasteiger partial charge in [0.1, 0.15) is 5.75 Å². The van der Waals surface area contributed by atoms with E-state index in [1.807, 2.05) is 0 Å². The van der Waals surface area contributed by atoms with Gasteiger partial charge in [0.25, 0.3) is 5.91 Å². The summed E-state index contributed by atoms with van der Waals surface area (Å²) in [5, 5.41) is 3.43. The SMILES string of the molecule is CC(=O)c1cccc(OCC(=O)Nc2cc(Cl)c(Cl)cc2Cl)c1. The monoisotopic (exact) mass is 371 g/mol. The summed E-state index contributed by atoms with van der Waals surface area (Å²) < 4.78 is 5.36. The van der Waals surface area contributed by atoms with Crippen LogP contribution in [0.2, 0.25) is 15.1 Å². The Balaban J connectivity index is 1.99. The Bertz CT molecular complexity index is 762. The van der Waals surface area contributed by atoms with Gasteiger partial charge >= 0.3 is 0 Å². The lowest BCUT2D eigenvalue weighted by Crippen LogP contribution is -2.20. The number of amides is 1. The lowest BCUT2D eigenvalue weighted by atomic mass is 10.1. The molecular formula is C16H12Cl3NO3. The number of ketones is 1. The van der Waals surface area contributed by atoms with Crippen LogP contribution >= 0.6 is 34.8 Å². The third-order valence-corrected chi connectivity index (χ3v) is 3.93. The lowest BCUT2D eigenvalue weighted by Gasteiger charge is -2.10. The van der Waals surface area contributed by atoms with E-state index >= 15 is 0 Å². The van der Waals surface area contributed by atoms with Crippen LogP contribution in [0.15, 0.2) is 36.4 Å². The van der Waals surface area contributed by atoms with E-state index in [1.54, 1.807) is 24.3 Å². The zero-order valence-corrected chi connectivity index (χ0v) is 14.3. The third-order valence-electron chi connectivity index (χ3n) is 2.89. The molecule has 120 valence electrons. The first-order valence-electron chi connectivity index (χ1n) is 6.55. The van der Waals surface area contributed by atoms with Gasteiger partial charge in [-0.05, 0) is 31.2 Å². The lowest BCUT2D eigenvalue weighted by molar-refractivity contribution is -0.118. The largest absolute Gasteiger partial charge is 0.484 e. The van der Waals surface area contributed by atoms with Crippen LogP contribution < -0.4 is 10.1 Å². The van der Waals surface area contributed by atoms with E-state index in [2.05, 4.69) is 5.32 Å². The number of rotatable bonds is 5. The zero-order valence-electron chi connectivity index (χ0n) is 12.0. The molecule has 0 aromatic heterocycles. The molecule has 1 amide bonds. The smallest absolute Gasteiger partial charge is 0.262 e. The van der Waals surface area contributed by atoms with Gasteiger partial charge in [0.2, 0.25) is 0 Å². The van der Waals surface area contributed by atoms with Crippen molar-refractivity contribution in [2.45, 2.75) is 6.92 Å². The zero-order chi connectivity index (χ0) is 17.0. The Labute approximate surface area is 148 Å². The van der Waals surface area contributed by atoms with Gasteiger partial charge in [0, 0.05) is 5.56 Å². The van der Waals surface area contributed by atoms with Crippen LogP contribution in [-0.4, -0.2) is 18.3 Å². The molecule has 0 aliphatic heterocycles. The summed E-state index contributed by atoms with van der Waals surface area (Å²) in [5.41, 5.74) is 0.850. The number of anilines is 1. The number of nitrogens with one attached hydrogen (secondary N) is 1. The fraction of sp³-hybridized carbons (Fsp3) is 0.125. The minimum atomic E-state index is -0.418. The Morgan fingerprint density at radius 2 is 1.74 bits per heavy atom. The quantitative estimate of drug-likeness (QED) is 0.602. The maximum Gasteiger partial charge on any atom is 0.262 e. The number of hydrogen-bond donors (Lipinski definition) is 1. The molecule has 23 heavy (non-hydrogen) atoms.